The van der Waals surface area contributed by atoms with Gasteiger partial charge in [-0.25, -0.2) is 0 Å². The summed E-state index contributed by atoms with van der Waals surface area (Å²) in [5.41, 5.74) is 0.852. The molecule has 136 valence electrons. The summed E-state index contributed by atoms with van der Waals surface area (Å²) < 4.78 is 6.73. The first kappa shape index (κ1) is 19.0. The van der Waals surface area contributed by atoms with Gasteiger partial charge in [0, 0.05) is 22.1 Å². The van der Waals surface area contributed by atoms with Crippen molar-refractivity contribution in [2.45, 2.75) is 20.8 Å². The molecule has 2 heterocycles. The van der Waals surface area contributed by atoms with Gasteiger partial charge in [0.25, 0.3) is 5.56 Å². The zero-order valence-electron chi connectivity index (χ0n) is 14.5. The van der Waals surface area contributed by atoms with Gasteiger partial charge in [0.2, 0.25) is 0 Å². The van der Waals surface area contributed by atoms with E-state index in [1.165, 1.54) is 17.4 Å². The zero-order valence-corrected chi connectivity index (χ0v) is 16.8. The molecule has 1 aromatic carbocycles. The highest BCUT2D eigenvalue weighted by Gasteiger charge is 2.19. The molecule has 2 aromatic rings. The van der Waals surface area contributed by atoms with Gasteiger partial charge in [-0.2, -0.15) is 0 Å². The number of halogens is 2. The maximum absolute atomic E-state index is 12.2. The number of thiazole rings is 1. The number of aromatic amines is 1. The van der Waals surface area contributed by atoms with Crippen LogP contribution in [0, 0.1) is 5.41 Å². The second kappa shape index (κ2) is 7.06. The fourth-order valence-electron chi connectivity index (χ4n) is 2.35. The smallest absolute Gasteiger partial charge is 0.266 e. The summed E-state index contributed by atoms with van der Waals surface area (Å²) in [7, 11) is 0. The van der Waals surface area contributed by atoms with Crippen LogP contribution in [0.5, 0.6) is 5.75 Å². The minimum Gasteiger partial charge on any atom is -0.487 e. The molecule has 0 bridgehead atoms. The van der Waals surface area contributed by atoms with Crippen molar-refractivity contribution in [2.24, 2.45) is 5.41 Å². The third-order valence-corrected chi connectivity index (χ3v) is 5.22. The summed E-state index contributed by atoms with van der Waals surface area (Å²) in [5, 5.41) is 0.968. The molecule has 7 heteroatoms. The van der Waals surface area contributed by atoms with Gasteiger partial charge in [0.15, 0.2) is 5.78 Å². The van der Waals surface area contributed by atoms with Crippen molar-refractivity contribution in [3.8, 4) is 5.75 Å². The van der Waals surface area contributed by atoms with E-state index in [1.807, 2.05) is 26.8 Å². The average molecular weight is 410 g/mol. The molecule has 0 fully saturated rings. The number of hydrogen-bond donors (Lipinski definition) is 1. The van der Waals surface area contributed by atoms with E-state index in [1.54, 1.807) is 18.2 Å². The third kappa shape index (κ3) is 4.11. The lowest BCUT2D eigenvalue weighted by atomic mass is 9.91. The van der Waals surface area contributed by atoms with Crippen LogP contribution in [-0.4, -0.2) is 17.4 Å². The number of ether oxygens (including phenoxy) is 1. The van der Waals surface area contributed by atoms with Crippen molar-refractivity contribution in [1.82, 2.24) is 4.98 Å². The maximum Gasteiger partial charge on any atom is 0.266 e. The van der Waals surface area contributed by atoms with Crippen molar-refractivity contribution in [1.29, 1.82) is 0 Å². The van der Waals surface area contributed by atoms with E-state index in [0.717, 1.165) is 11.1 Å². The molecule has 0 saturated heterocycles. The zero-order chi connectivity index (χ0) is 19.1. The first-order valence-electron chi connectivity index (χ1n) is 7.93. The minimum absolute atomic E-state index is 0.0417. The van der Waals surface area contributed by atoms with Crippen molar-refractivity contribution in [3.63, 3.8) is 0 Å². The first-order chi connectivity index (χ1) is 12.1. The molecule has 0 atom stereocenters. The van der Waals surface area contributed by atoms with E-state index >= 15 is 0 Å². The summed E-state index contributed by atoms with van der Waals surface area (Å²) in [6.07, 6.45) is 5.11. The topological polar surface area (TPSA) is 59.2 Å². The van der Waals surface area contributed by atoms with Crippen LogP contribution in [0.25, 0.3) is 18.2 Å². The standard InChI is InChI=1S/C19H17Cl2NO3S/c1-19(2,3)15(23)8-16-22-18(24)14(26-16)5-10-4-11-6-12(20)7-13(21)17(11)25-9-10/h4-8H,9H2,1-3H3,(H,22,24). The fourth-order valence-corrected chi connectivity index (χ4v) is 3.81. The van der Waals surface area contributed by atoms with Crippen LogP contribution in [0.3, 0.4) is 0 Å². The number of hydrogen-bond acceptors (Lipinski definition) is 4. The number of fused-ring (bicyclic) bond motifs is 1. The van der Waals surface area contributed by atoms with Gasteiger partial charge in [0.05, 0.1) is 14.2 Å². The maximum atomic E-state index is 12.2. The van der Waals surface area contributed by atoms with Gasteiger partial charge in [-0.3, -0.25) is 9.59 Å². The van der Waals surface area contributed by atoms with E-state index in [2.05, 4.69) is 4.98 Å². The molecule has 0 aliphatic carbocycles. The van der Waals surface area contributed by atoms with Gasteiger partial charge in [-0.05, 0) is 29.9 Å². The molecule has 0 spiro atoms. The average Bonchev–Trinajstić information content (AvgIpc) is 2.85. The normalized spacial score (nSPS) is 15.5. The summed E-state index contributed by atoms with van der Waals surface area (Å²) in [6, 6.07) is 3.39. The monoisotopic (exact) mass is 409 g/mol. The van der Waals surface area contributed by atoms with Gasteiger partial charge in [-0.1, -0.05) is 44.0 Å². The predicted molar refractivity (Wildman–Crippen MR) is 108 cm³/mol. The van der Waals surface area contributed by atoms with Crippen molar-refractivity contribution in [3.05, 3.63) is 52.9 Å². The van der Waals surface area contributed by atoms with E-state index in [4.69, 9.17) is 27.9 Å². The van der Waals surface area contributed by atoms with Crippen LogP contribution in [-0.2, 0) is 4.79 Å². The molecule has 1 aliphatic rings. The Morgan fingerprint density at radius 1 is 1.31 bits per heavy atom. The molecule has 0 amide bonds. The summed E-state index contributed by atoms with van der Waals surface area (Å²) in [4.78, 5) is 27.0. The number of carbonyl (C=O) groups excluding carboxylic acids is 1. The number of Topliss-reactive ketones (excluding diaryl/α,β-unsaturated/α-hetero) is 1. The second-order valence-corrected chi connectivity index (χ2v) is 8.93. The Bertz CT molecular complexity index is 1090. The lowest BCUT2D eigenvalue weighted by Gasteiger charge is -2.17. The number of nitrogens with one attached hydrogen (secondary N) is 1. The molecule has 1 N–H and O–H groups in total. The lowest BCUT2D eigenvalue weighted by molar-refractivity contribution is -0.119. The van der Waals surface area contributed by atoms with Crippen molar-refractivity contribution < 1.29 is 9.53 Å². The van der Waals surface area contributed by atoms with Crippen LogP contribution in [0.2, 0.25) is 10.0 Å². The Hall–Kier alpha value is -1.82. The highest BCUT2D eigenvalue weighted by molar-refractivity contribution is 7.07. The van der Waals surface area contributed by atoms with Crippen molar-refractivity contribution >= 4 is 58.5 Å². The van der Waals surface area contributed by atoms with E-state index in [-0.39, 0.29) is 11.3 Å². The second-order valence-electron chi connectivity index (χ2n) is 7.00. The summed E-state index contributed by atoms with van der Waals surface area (Å²) in [6.45, 7) is 5.80. The quantitative estimate of drug-likeness (QED) is 0.826. The largest absolute Gasteiger partial charge is 0.487 e. The molecule has 0 radical (unpaired) electrons. The van der Waals surface area contributed by atoms with Crippen molar-refractivity contribution in [2.75, 3.05) is 6.61 Å². The number of carbonyl (C=O) groups is 1. The molecule has 1 aliphatic heterocycles. The Morgan fingerprint density at radius 3 is 2.73 bits per heavy atom. The fraction of sp³-hybridized carbons (Fsp3) is 0.263. The molecular weight excluding hydrogens is 393 g/mol. The van der Waals surface area contributed by atoms with Gasteiger partial charge >= 0.3 is 0 Å². The summed E-state index contributed by atoms with van der Waals surface area (Å²) in [5.74, 6) is 0.540. The van der Waals surface area contributed by atoms with E-state index in [0.29, 0.717) is 31.6 Å². The minimum atomic E-state index is -0.493. The molecule has 4 nitrogen and oxygen atoms in total. The first-order valence-corrected chi connectivity index (χ1v) is 9.50. The van der Waals surface area contributed by atoms with Crippen LogP contribution >= 0.6 is 34.5 Å². The van der Waals surface area contributed by atoms with Gasteiger partial charge in [0.1, 0.15) is 12.4 Å². The molecule has 26 heavy (non-hydrogen) atoms. The summed E-state index contributed by atoms with van der Waals surface area (Å²) >= 11 is 13.4. The number of benzene rings is 1. The molecule has 0 saturated carbocycles. The number of rotatable bonds is 2. The Morgan fingerprint density at radius 2 is 2.04 bits per heavy atom. The van der Waals surface area contributed by atoms with Gasteiger partial charge in [-0.15, -0.1) is 11.3 Å². The third-order valence-electron chi connectivity index (χ3n) is 3.76. The van der Waals surface area contributed by atoms with Crippen LogP contribution in [0.1, 0.15) is 26.3 Å². The van der Waals surface area contributed by atoms with E-state index < -0.39 is 5.41 Å². The lowest BCUT2D eigenvalue weighted by Crippen LogP contribution is -2.22. The Balaban J connectivity index is 2.02. The highest BCUT2D eigenvalue weighted by Crippen LogP contribution is 2.36. The Labute approximate surface area is 164 Å². The van der Waals surface area contributed by atoms with E-state index in [9.17, 15) is 9.59 Å². The molecule has 3 rings (SSSR count). The number of H-pyrrole nitrogens is 1. The number of ketones is 1. The van der Waals surface area contributed by atoms with Crippen LogP contribution in [0.4, 0.5) is 0 Å². The molecule has 1 aromatic heterocycles. The SMILES string of the molecule is CC(C)(C)C(=O)C=c1[nH]c(=O)c(=CC2=Cc3cc(Cl)cc(Cl)c3OC2)s1. The Kier molecular flexibility index (Phi) is 5.15. The highest BCUT2D eigenvalue weighted by atomic mass is 35.5. The van der Waals surface area contributed by atoms with Crippen LogP contribution in [0.15, 0.2) is 22.5 Å². The van der Waals surface area contributed by atoms with Crippen LogP contribution < -0.4 is 19.5 Å². The molecular formula is C19H17Cl2NO3S. The van der Waals surface area contributed by atoms with Gasteiger partial charge < -0.3 is 9.72 Å². The number of aromatic nitrogens is 1. The predicted octanol–water partition coefficient (Wildman–Crippen LogP) is 3.40. The molecule has 0 unspecified atom stereocenters.